The van der Waals surface area contributed by atoms with Gasteiger partial charge in [0, 0.05) is 16.6 Å². The second-order valence-electron chi connectivity index (χ2n) is 4.96. The lowest BCUT2D eigenvalue weighted by molar-refractivity contribution is 0.615. The molecule has 3 aromatic rings. The summed E-state index contributed by atoms with van der Waals surface area (Å²) < 4.78 is 16.9. The lowest BCUT2D eigenvalue weighted by Gasteiger charge is -2.10. The van der Waals surface area contributed by atoms with E-state index in [2.05, 4.69) is 27.8 Å². The van der Waals surface area contributed by atoms with E-state index < -0.39 is 0 Å². The van der Waals surface area contributed by atoms with E-state index in [1.807, 2.05) is 28.8 Å². The van der Waals surface area contributed by atoms with Gasteiger partial charge in [-0.25, -0.2) is 9.37 Å². The Morgan fingerprint density at radius 1 is 1.24 bits per heavy atom. The molecule has 0 bridgehead atoms. The summed E-state index contributed by atoms with van der Waals surface area (Å²) in [6.07, 6.45) is 1.72. The molecule has 5 heteroatoms. The number of nitrogens with zero attached hydrogens (tertiary/aromatic N) is 2. The van der Waals surface area contributed by atoms with E-state index in [4.69, 9.17) is 5.73 Å². The first-order valence-corrected chi connectivity index (χ1v) is 7.61. The van der Waals surface area contributed by atoms with Crippen LogP contribution in [0.1, 0.15) is 19.2 Å². The smallest absolute Gasteiger partial charge is 0.148 e. The van der Waals surface area contributed by atoms with Gasteiger partial charge in [-0.3, -0.25) is 4.57 Å². The summed E-state index contributed by atoms with van der Waals surface area (Å²) in [5.41, 5.74) is 8.64. The standard InChI is InChI=1S/C16H15BrFN3/c1-2-3-16-20-13-9-11(19)5-7-15(13)21(16)14-6-4-10(17)8-12(14)18/h4-9H,2-3,19H2,1H3. The van der Waals surface area contributed by atoms with E-state index in [9.17, 15) is 4.39 Å². The molecule has 0 saturated carbocycles. The van der Waals surface area contributed by atoms with Crippen molar-refractivity contribution in [3.63, 3.8) is 0 Å². The zero-order valence-electron chi connectivity index (χ0n) is 11.6. The summed E-state index contributed by atoms with van der Waals surface area (Å²) >= 11 is 3.29. The number of rotatable bonds is 3. The number of nitrogens with two attached hydrogens (primary N) is 1. The Balaban J connectivity index is 2.30. The second-order valence-corrected chi connectivity index (χ2v) is 5.87. The van der Waals surface area contributed by atoms with Crippen LogP contribution in [0.2, 0.25) is 0 Å². The number of aromatic nitrogens is 2. The maximum absolute atomic E-state index is 14.3. The van der Waals surface area contributed by atoms with Gasteiger partial charge >= 0.3 is 0 Å². The number of benzene rings is 2. The van der Waals surface area contributed by atoms with Gasteiger partial charge in [0.05, 0.1) is 16.7 Å². The Morgan fingerprint density at radius 2 is 2.05 bits per heavy atom. The summed E-state index contributed by atoms with van der Waals surface area (Å²) in [5.74, 6) is 0.567. The van der Waals surface area contributed by atoms with Crippen LogP contribution >= 0.6 is 15.9 Å². The quantitative estimate of drug-likeness (QED) is 0.710. The number of halogens is 2. The van der Waals surface area contributed by atoms with Crippen molar-refractivity contribution in [3.05, 3.63) is 52.5 Å². The van der Waals surface area contributed by atoms with E-state index in [0.717, 1.165) is 34.2 Å². The average Bonchev–Trinajstić information content (AvgIpc) is 2.76. The van der Waals surface area contributed by atoms with Gasteiger partial charge in [0.25, 0.3) is 0 Å². The molecule has 0 fully saturated rings. The topological polar surface area (TPSA) is 43.8 Å². The normalized spacial score (nSPS) is 11.2. The van der Waals surface area contributed by atoms with Gasteiger partial charge in [-0.05, 0) is 42.8 Å². The Bertz CT molecular complexity index is 811. The van der Waals surface area contributed by atoms with Gasteiger partial charge in [0.1, 0.15) is 11.6 Å². The maximum Gasteiger partial charge on any atom is 0.148 e. The molecule has 2 N–H and O–H groups in total. The van der Waals surface area contributed by atoms with E-state index in [-0.39, 0.29) is 5.82 Å². The summed E-state index contributed by atoms with van der Waals surface area (Å²) in [6.45, 7) is 2.08. The Labute approximate surface area is 130 Å². The number of anilines is 1. The van der Waals surface area contributed by atoms with Crippen LogP contribution in [0.3, 0.4) is 0 Å². The summed E-state index contributed by atoms with van der Waals surface area (Å²) in [6, 6.07) is 10.6. The summed E-state index contributed by atoms with van der Waals surface area (Å²) in [4.78, 5) is 4.61. The fourth-order valence-electron chi connectivity index (χ4n) is 2.47. The minimum Gasteiger partial charge on any atom is -0.399 e. The van der Waals surface area contributed by atoms with E-state index in [0.29, 0.717) is 11.4 Å². The molecule has 0 aliphatic carbocycles. The van der Waals surface area contributed by atoms with Crippen molar-refractivity contribution in [2.24, 2.45) is 0 Å². The molecule has 108 valence electrons. The highest BCUT2D eigenvalue weighted by atomic mass is 79.9. The van der Waals surface area contributed by atoms with E-state index in [1.54, 1.807) is 6.07 Å². The van der Waals surface area contributed by atoms with Crippen molar-refractivity contribution in [2.45, 2.75) is 19.8 Å². The van der Waals surface area contributed by atoms with Crippen molar-refractivity contribution in [1.29, 1.82) is 0 Å². The summed E-state index contributed by atoms with van der Waals surface area (Å²) in [5, 5.41) is 0. The average molecular weight is 348 g/mol. The van der Waals surface area contributed by atoms with Crippen molar-refractivity contribution >= 4 is 32.7 Å². The second kappa shape index (κ2) is 5.48. The SMILES string of the molecule is CCCc1nc2cc(N)ccc2n1-c1ccc(Br)cc1F. The van der Waals surface area contributed by atoms with Crippen LogP contribution < -0.4 is 5.73 Å². The molecule has 1 heterocycles. The van der Waals surface area contributed by atoms with Gasteiger partial charge in [-0.2, -0.15) is 0 Å². The van der Waals surface area contributed by atoms with Crippen LogP contribution in [-0.4, -0.2) is 9.55 Å². The predicted molar refractivity (Wildman–Crippen MR) is 87.1 cm³/mol. The van der Waals surface area contributed by atoms with Gasteiger partial charge in [-0.15, -0.1) is 0 Å². The van der Waals surface area contributed by atoms with Crippen LogP contribution in [0.25, 0.3) is 16.7 Å². The van der Waals surface area contributed by atoms with Gasteiger partial charge in [0.2, 0.25) is 0 Å². The first-order chi connectivity index (χ1) is 10.1. The Hall–Kier alpha value is -1.88. The van der Waals surface area contributed by atoms with Crippen molar-refractivity contribution in [2.75, 3.05) is 5.73 Å². The molecule has 3 rings (SSSR count). The third kappa shape index (κ3) is 2.53. The number of nitrogen functional groups attached to an aromatic ring is 1. The van der Waals surface area contributed by atoms with Crippen LogP contribution in [0.5, 0.6) is 0 Å². The molecule has 0 aliphatic rings. The van der Waals surface area contributed by atoms with Gasteiger partial charge in [0.15, 0.2) is 0 Å². The largest absolute Gasteiger partial charge is 0.399 e. The number of fused-ring (bicyclic) bond motifs is 1. The van der Waals surface area contributed by atoms with Crippen molar-refractivity contribution < 1.29 is 4.39 Å². The molecular weight excluding hydrogens is 333 g/mol. The Morgan fingerprint density at radius 3 is 2.76 bits per heavy atom. The number of aryl methyl sites for hydroxylation is 1. The van der Waals surface area contributed by atoms with Gasteiger partial charge < -0.3 is 5.73 Å². The number of imidazole rings is 1. The van der Waals surface area contributed by atoms with Crippen LogP contribution in [0.4, 0.5) is 10.1 Å². The Kier molecular flexibility index (Phi) is 3.68. The molecule has 0 radical (unpaired) electrons. The molecule has 0 spiro atoms. The number of hydrogen-bond acceptors (Lipinski definition) is 2. The zero-order chi connectivity index (χ0) is 15.0. The highest BCUT2D eigenvalue weighted by Gasteiger charge is 2.15. The molecule has 0 atom stereocenters. The molecule has 0 unspecified atom stereocenters. The molecule has 21 heavy (non-hydrogen) atoms. The predicted octanol–water partition coefficient (Wildman–Crippen LogP) is 4.46. The third-order valence-electron chi connectivity index (χ3n) is 3.37. The van der Waals surface area contributed by atoms with Gasteiger partial charge in [-0.1, -0.05) is 22.9 Å². The minimum absolute atomic E-state index is 0.280. The molecule has 1 aromatic heterocycles. The highest BCUT2D eigenvalue weighted by Crippen LogP contribution is 2.27. The lowest BCUT2D eigenvalue weighted by atomic mass is 10.2. The molecule has 0 amide bonds. The number of hydrogen-bond donors (Lipinski definition) is 1. The monoisotopic (exact) mass is 347 g/mol. The zero-order valence-corrected chi connectivity index (χ0v) is 13.2. The van der Waals surface area contributed by atoms with Crippen LogP contribution in [0, 0.1) is 5.82 Å². The van der Waals surface area contributed by atoms with Crippen molar-refractivity contribution in [1.82, 2.24) is 9.55 Å². The lowest BCUT2D eigenvalue weighted by Crippen LogP contribution is -2.03. The fraction of sp³-hybridized carbons (Fsp3) is 0.188. The molecule has 2 aromatic carbocycles. The van der Waals surface area contributed by atoms with E-state index >= 15 is 0 Å². The fourth-order valence-corrected chi connectivity index (χ4v) is 2.80. The third-order valence-corrected chi connectivity index (χ3v) is 3.87. The first kappa shape index (κ1) is 14.1. The van der Waals surface area contributed by atoms with Crippen LogP contribution in [0.15, 0.2) is 40.9 Å². The maximum atomic E-state index is 14.3. The first-order valence-electron chi connectivity index (χ1n) is 6.82. The minimum atomic E-state index is -0.280. The highest BCUT2D eigenvalue weighted by molar-refractivity contribution is 9.10. The molecular formula is C16H15BrFN3. The molecule has 0 saturated heterocycles. The van der Waals surface area contributed by atoms with E-state index in [1.165, 1.54) is 6.07 Å². The summed E-state index contributed by atoms with van der Waals surface area (Å²) in [7, 11) is 0. The molecule has 3 nitrogen and oxygen atoms in total. The van der Waals surface area contributed by atoms with Crippen molar-refractivity contribution in [3.8, 4) is 5.69 Å². The molecule has 0 aliphatic heterocycles. The van der Waals surface area contributed by atoms with Crippen LogP contribution in [-0.2, 0) is 6.42 Å².